The molecule has 0 spiro atoms. The van der Waals surface area contributed by atoms with E-state index in [0.717, 1.165) is 16.5 Å². The van der Waals surface area contributed by atoms with Crippen molar-refractivity contribution in [2.45, 2.75) is 0 Å². The molecule has 4 rings (SSSR count). The second-order valence-corrected chi connectivity index (χ2v) is 5.88. The molecule has 0 saturated heterocycles. The number of hydrogen-bond acceptors (Lipinski definition) is 3. The highest BCUT2D eigenvalue weighted by Gasteiger charge is 2.25. The summed E-state index contributed by atoms with van der Waals surface area (Å²) in [5, 5.41) is 2.07. The van der Waals surface area contributed by atoms with Gasteiger partial charge in [-0.3, -0.25) is 4.79 Å². The Balaban J connectivity index is 1.72. The van der Waals surface area contributed by atoms with E-state index < -0.39 is 0 Å². The molecule has 0 fully saturated rings. The number of benzene rings is 3. The minimum atomic E-state index is 0.0322. The summed E-state index contributed by atoms with van der Waals surface area (Å²) in [5.74, 6) is 0.724. The number of ketones is 1. The number of carbonyl (C=O) groups is 1. The number of anilines is 1. The normalized spacial score (nSPS) is 15.2. The smallest absolute Gasteiger partial charge is 0.197 e. The van der Waals surface area contributed by atoms with Gasteiger partial charge in [0.2, 0.25) is 0 Å². The Morgan fingerprint density at radius 1 is 0.958 bits per heavy atom. The molecule has 0 saturated carbocycles. The van der Waals surface area contributed by atoms with Crippen molar-refractivity contribution in [3.8, 4) is 5.75 Å². The van der Waals surface area contributed by atoms with Crippen molar-refractivity contribution in [2.24, 2.45) is 0 Å². The first-order valence-corrected chi connectivity index (χ1v) is 7.92. The van der Waals surface area contributed by atoms with Crippen molar-refractivity contribution in [2.75, 3.05) is 18.6 Å². The molecule has 3 aromatic rings. The topological polar surface area (TPSA) is 29.5 Å². The van der Waals surface area contributed by atoms with Gasteiger partial charge in [0, 0.05) is 24.3 Å². The molecule has 0 radical (unpaired) electrons. The maximum atomic E-state index is 12.9. The van der Waals surface area contributed by atoms with Crippen LogP contribution in [0.2, 0.25) is 0 Å². The van der Waals surface area contributed by atoms with Crippen LogP contribution in [0, 0.1) is 0 Å². The standard InChI is InChI=1S/C21H17NO2/c1-22(17-8-3-2-4-9-17)13-16-14-24-21-18-10-6-5-7-15(18)11-12-19(21)20(16)23/h2-13H,14H2,1H3/b16-13+. The highest BCUT2D eigenvalue weighted by atomic mass is 16.5. The van der Waals surface area contributed by atoms with E-state index >= 15 is 0 Å². The van der Waals surface area contributed by atoms with Gasteiger partial charge in [0.25, 0.3) is 0 Å². The average Bonchev–Trinajstić information content (AvgIpc) is 2.64. The van der Waals surface area contributed by atoms with Crippen LogP contribution in [0.5, 0.6) is 5.75 Å². The predicted molar refractivity (Wildman–Crippen MR) is 96.7 cm³/mol. The quantitative estimate of drug-likeness (QED) is 0.655. The molecular formula is C21H17NO2. The van der Waals surface area contributed by atoms with Crippen molar-refractivity contribution >= 4 is 22.2 Å². The van der Waals surface area contributed by atoms with Crippen LogP contribution in [-0.4, -0.2) is 19.4 Å². The van der Waals surface area contributed by atoms with E-state index in [4.69, 9.17) is 4.74 Å². The van der Waals surface area contributed by atoms with Crippen LogP contribution < -0.4 is 9.64 Å². The van der Waals surface area contributed by atoms with Crippen molar-refractivity contribution in [1.82, 2.24) is 0 Å². The first-order valence-electron chi connectivity index (χ1n) is 7.92. The molecule has 0 aromatic heterocycles. The van der Waals surface area contributed by atoms with Gasteiger partial charge in [-0.1, -0.05) is 48.5 Å². The Morgan fingerprint density at radius 2 is 1.71 bits per heavy atom. The lowest BCUT2D eigenvalue weighted by molar-refractivity contribution is 0.0999. The SMILES string of the molecule is CN(/C=C1\COc2c(ccc3ccccc23)C1=O)c1ccccc1. The van der Waals surface area contributed by atoms with E-state index in [2.05, 4.69) is 0 Å². The van der Waals surface area contributed by atoms with E-state index in [9.17, 15) is 4.79 Å². The Bertz CT molecular complexity index is 944. The van der Waals surface area contributed by atoms with E-state index in [-0.39, 0.29) is 12.4 Å². The van der Waals surface area contributed by atoms with Crippen LogP contribution in [0.1, 0.15) is 10.4 Å². The summed E-state index contributed by atoms with van der Waals surface area (Å²) in [5.41, 5.74) is 2.32. The van der Waals surface area contributed by atoms with Crippen molar-refractivity contribution in [3.63, 3.8) is 0 Å². The Morgan fingerprint density at radius 3 is 2.54 bits per heavy atom. The molecule has 0 amide bonds. The fourth-order valence-corrected chi connectivity index (χ4v) is 3.03. The lowest BCUT2D eigenvalue weighted by atomic mass is 9.97. The van der Waals surface area contributed by atoms with Gasteiger partial charge in [0.1, 0.15) is 12.4 Å². The van der Waals surface area contributed by atoms with Gasteiger partial charge < -0.3 is 9.64 Å². The van der Waals surface area contributed by atoms with Crippen LogP contribution in [0.25, 0.3) is 10.8 Å². The summed E-state index contributed by atoms with van der Waals surface area (Å²) in [6.45, 7) is 0.289. The van der Waals surface area contributed by atoms with E-state index in [1.807, 2.05) is 84.9 Å². The molecule has 1 heterocycles. The number of fused-ring (bicyclic) bond motifs is 3. The number of ether oxygens (including phenoxy) is 1. The molecule has 118 valence electrons. The zero-order chi connectivity index (χ0) is 16.5. The van der Waals surface area contributed by atoms with Crippen LogP contribution in [-0.2, 0) is 0 Å². The van der Waals surface area contributed by atoms with Crippen molar-refractivity contribution < 1.29 is 9.53 Å². The fraction of sp³-hybridized carbons (Fsp3) is 0.0952. The van der Waals surface area contributed by atoms with Crippen molar-refractivity contribution in [1.29, 1.82) is 0 Å². The summed E-state index contributed by atoms with van der Waals surface area (Å²) in [7, 11) is 1.94. The molecular weight excluding hydrogens is 298 g/mol. The third-order valence-electron chi connectivity index (χ3n) is 4.30. The summed E-state index contributed by atoms with van der Waals surface area (Å²) in [6, 6.07) is 21.7. The summed E-state index contributed by atoms with van der Waals surface area (Å²) in [6.07, 6.45) is 1.86. The molecule has 0 atom stereocenters. The minimum Gasteiger partial charge on any atom is -0.487 e. The molecule has 0 N–H and O–H groups in total. The second kappa shape index (κ2) is 5.85. The van der Waals surface area contributed by atoms with Crippen LogP contribution in [0.15, 0.2) is 78.5 Å². The van der Waals surface area contributed by atoms with Crippen LogP contribution in [0.3, 0.4) is 0 Å². The van der Waals surface area contributed by atoms with Gasteiger partial charge in [-0.15, -0.1) is 0 Å². The number of Topliss-reactive ketones (excluding diaryl/α,β-unsaturated/α-hetero) is 1. The van der Waals surface area contributed by atoms with Gasteiger partial charge in [-0.05, 0) is 23.6 Å². The molecule has 0 aliphatic carbocycles. The molecule has 0 bridgehead atoms. The third-order valence-corrected chi connectivity index (χ3v) is 4.30. The summed E-state index contributed by atoms with van der Waals surface area (Å²) in [4.78, 5) is 14.8. The molecule has 3 heteroatoms. The number of nitrogens with zero attached hydrogens (tertiary/aromatic N) is 1. The minimum absolute atomic E-state index is 0.0322. The average molecular weight is 315 g/mol. The zero-order valence-electron chi connectivity index (χ0n) is 13.4. The second-order valence-electron chi connectivity index (χ2n) is 5.88. The molecule has 3 nitrogen and oxygen atoms in total. The third kappa shape index (κ3) is 2.44. The van der Waals surface area contributed by atoms with Gasteiger partial charge >= 0.3 is 0 Å². The highest BCUT2D eigenvalue weighted by molar-refractivity contribution is 6.14. The van der Waals surface area contributed by atoms with Crippen LogP contribution >= 0.6 is 0 Å². The molecule has 24 heavy (non-hydrogen) atoms. The van der Waals surface area contributed by atoms with Gasteiger partial charge in [0.15, 0.2) is 5.78 Å². The van der Waals surface area contributed by atoms with Gasteiger partial charge in [-0.2, -0.15) is 0 Å². The molecule has 3 aromatic carbocycles. The van der Waals surface area contributed by atoms with Crippen molar-refractivity contribution in [3.05, 3.63) is 84.1 Å². The maximum absolute atomic E-state index is 12.9. The maximum Gasteiger partial charge on any atom is 0.197 e. The number of hydrogen-bond donors (Lipinski definition) is 0. The van der Waals surface area contributed by atoms with E-state index in [1.54, 1.807) is 0 Å². The molecule has 1 aliphatic rings. The fourth-order valence-electron chi connectivity index (χ4n) is 3.03. The first-order chi connectivity index (χ1) is 11.7. The molecule has 0 unspecified atom stereocenters. The molecule has 1 aliphatic heterocycles. The number of rotatable bonds is 2. The van der Waals surface area contributed by atoms with Gasteiger partial charge in [0.05, 0.1) is 11.1 Å². The lowest BCUT2D eigenvalue weighted by Crippen LogP contribution is -2.22. The van der Waals surface area contributed by atoms with E-state index in [0.29, 0.717) is 16.9 Å². The first kappa shape index (κ1) is 14.5. The number of carbonyl (C=O) groups excluding carboxylic acids is 1. The lowest BCUT2D eigenvalue weighted by Gasteiger charge is -2.23. The van der Waals surface area contributed by atoms with Gasteiger partial charge in [-0.25, -0.2) is 0 Å². The Kier molecular flexibility index (Phi) is 3.54. The Labute approximate surface area is 140 Å². The largest absolute Gasteiger partial charge is 0.487 e. The Hall–Kier alpha value is -3.07. The summed E-state index contributed by atoms with van der Waals surface area (Å²) < 4.78 is 5.94. The zero-order valence-corrected chi connectivity index (χ0v) is 13.4. The monoisotopic (exact) mass is 315 g/mol. The number of para-hydroxylation sites is 1. The van der Waals surface area contributed by atoms with Crippen LogP contribution in [0.4, 0.5) is 5.69 Å². The van der Waals surface area contributed by atoms with E-state index in [1.165, 1.54) is 0 Å². The predicted octanol–water partition coefficient (Wildman–Crippen LogP) is 4.44. The summed E-state index contributed by atoms with van der Waals surface area (Å²) >= 11 is 0. The highest BCUT2D eigenvalue weighted by Crippen LogP contribution is 2.34.